The van der Waals surface area contributed by atoms with Gasteiger partial charge in [0.1, 0.15) is 6.04 Å². The van der Waals surface area contributed by atoms with E-state index in [0.29, 0.717) is 13.2 Å². The lowest BCUT2D eigenvalue weighted by atomic mass is 9.98. The molecule has 1 N–H and O–H groups in total. The lowest BCUT2D eigenvalue weighted by Gasteiger charge is -2.23. The van der Waals surface area contributed by atoms with Crippen molar-refractivity contribution in [1.82, 2.24) is 5.32 Å². The summed E-state index contributed by atoms with van der Waals surface area (Å²) in [4.78, 5) is 11.7. The number of carbonyl (C=O) groups is 1. The van der Waals surface area contributed by atoms with Crippen LogP contribution in [0, 0.1) is 5.92 Å². The first kappa shape index (κ1) is 12.5. The number of hydrogen-bond acceptors (Lipinski definition) is 4. The van der Waals surface area contributed by atoms with Gasteiger partial charge < -0.3 is 14.8 Å². The van der Waals surface area contributed by atoms with Crippen molar-refractivity contribution in [3.63, 3.8) is 0 Å². The number of rotatable bonds is 5. The number of nitrogens with one attached hydrogen (secondary N) is 1. The van der Waals surface area contributed by atoms with Crippen molar-refractivity contribution in [3.05, 3.63) is 0 Å². The van der Waals surface area contributed by atoms with Gasteiger partial charge in [-0.3, -0.25) is 4.79 Å². The first-order chi connectivity index (χ1) is 7.15. The molecular formula is C11H21NO3. The van der Waals surface area contributed by atoms with E-state index in [9.17, 15) is 4.79 Å². The highest BCUT2D eigenvalue weighted by molar-refractivity contribution is 5.76. The van der Waals surface area contributed by atoms with Gasteiger partial charge in [-0.1, -0.05) is 13.8 Å². The second-order valence-electron chi connectivity index (χ2n) is 4.17. The van der Waals surface area contributed by atoms with Gasteiger partial charge >= 0.3 is 5.97 Å². The molecule has 0 spiro atoms. The predicted molar refractivity (Wildman–Crippen MR) is 57.6 cm³/mol. The topological polar surface area (TPSA) is 47.6 Å². The standard InChI is InChI=1S/C11H21NO3/c1-4-15-11(13)10(12-8(2)3)9-5-6-14-7-9/h8-10,12H,4-7H2,1-3H3. The first-order valence-corrected chi connectivity index (χ1v) is 5.65. The Balaban J connectivity index is 2.54. The monoisotopic (exact) mass is 215 g/mol. The zero-order chi connectivity index (χ0) is 11.3. The maximum Gasteiger partial charge on any atom is 0.323 e. The SMILES string of the molecule is CCOC(=O)C(NC(C)C)C1CCOC1. The minimum Gasteiger partial charge on any atom is -0.465 e. The van der Waals surface area contributed by atoms with Gasteiger partial charge in [0.2, 0.25) is 0 Å². The largest absolute Gasteiger partial charge is 0.465 e. The van der Waals surface area contributed by atoms with Crippen LogP contribution in [-0.4, -0.2) is 37.9 Å². The van der Waals surface area contributed by atoms with Crippen LogP contribution in [0.25, 0.3) is 0 Å². The van der Waals surface area contributed by atoms with Crippen molar-refractivity contribution in [2.45, 2.75) is 39.3 Å². The van der Waals surface area contributed by atoms with Crippen molar-refractivity contribution in [2.75, 3.05) is 19.8 Å². The molecule has 0 aromatic carbocycles. The van der Waals surface area contributed by atoms with Crippen LogP contribution in [0.3, 0.4) is 0 Å². The highest BCUT2D eigenvalue weighted by Gasteiger charge is 2.32. The van der Waals surface area contributed by atoms with Gasteiger partial charge in [-0.2, -0.15) is 0 Å². The normalized spacial score (nSPS) is 23.1. The summed E-state index contributed by atoms with van der Waals surface area (Å²) in [7, 11) is 0. The minimum absolute atomic E-state index is 0.151. The van der Waals surface area contributed by atoms with Crippen molar-refractivity contribution in [2.24, 2.45) is 5.92 Å². The molecule has 0 bridgehead atoms. The number of ether oxygens (including phenoxy) is 2. The van der Waals surface area contributed by atoms with Gasteiger partial charge in [-0.25, -0.2) is 0 Å². The molecule has 4 nitrogen and oxygen atoms in total. The van der Waals surface area contributed by atoms with Gasteiger partial charge in [0, 0.05) is 18.6 Å². The molecule has 1 rings (SSSR count). The summed E-state index contributed by atoms with van der Waals surface area (Å²) in [6.45, 7) is 7.73. The zero-order valence-corrected chi connectivity index (χ0v) is 9.79. The lowest BCUT2D eigenvalue weighted by molar-refractivity contribution is -0.147. The zero-order valence-electron chi connectivity index (χ0n) is 9.79. The maximum absolute atomic E-state index is 11.7. The highest BCUT2D eigenvalue weighted by atomic mass is 16.5. The van der Waals surface area contributed by atoms with E-state index in [1.807, 2.05) is 20.8 Å². The van der Waals surface area contributed by atoms with Crippen molar-refractivity contribution in [3.8, 4) is 0 Å². The van der Waals surface area contributed by atoms with Crippen LogP contribution < -0.4 is 5.32 Å². The highest BCUT2D eigenvalue weighted by Crippen LogP contribution is 2.18. The third-order valence-corrected chi connectivity index (χ3v) is 2.49. The summed E-state index contributed by atoms with van der Waals surface area (Å²) in [5.74, 6) is 0.105. The van der Waals surface area contributed by atoms with Crippen LogP contribution in [0.4, 0.5) is 0 Å². The van der Waals surface area contributed by atoms with E-state index in [0.717, 1.165) is 13.0 Å². The van der Waals surface area contributed by atoms with E-state index >= 15 is 0 Å². The average molecular weight is 215 g/mol. The molecule has 1 heterocycles. The molecule has 1 aliphatic rings. The van der Waals surface area contributed by atoms with Crippen molar-refractivity contribution < 1.29 is 14.3 Å². The van der Waals surface area contributed by atoms with Crippen LogP contribution >= 0.6 is 0 Å². The Hall–Kier alpha value is -0.610. The van der Waals surface area contributed by atoms with Crippen LogP contribution in [0.1, 0.15) is 27.2 Å². The van der Waals surface area contributed by atoms with E-state index in [1.165, 1.54) is 0 Å². The molecule has 0 aromatic heterocycles. The molecule has 0 amide bonds. The average Bonchev–Trinajstić information content (AvgIpc) is 2.66. The molecule has 0 saturated carbocycles. The van der Waals surface area contributed by atoms with Crippen LogP contribution in [0.15, 0.2) is 0 Å². The van der Waals surface area contributed by atoms with E-state index in [2.05, 4.69) is 5.32 Å². The molecule has 0 radical (unpaired) electrons. The Kier molecular flexibility index (Phi) is 5.05. The molecular weight excluding hydrogens is 194 g/mol. The number of esters is 1. The summed E-state index contributed by atoms with van der Waals surface area (Å²) in [5.41, 5.74) is 0. The van der Waals surface area contributed by atoms with Crippen LogP contribution in [0.5, 0.6) is 0 Å². The summed E-state index contributed by atoms with van der Waals surface area (Å²) >= 11 is 0. The quantitative estimate of drug-likeness (QED) is 0.694. The number of hydrogen-bond donors (Lipinski definition) is 1. The van der Waals surface area contributed by atoms with E-state index in [1.54, 1.807) is 0 Å². The third kappa shape index (κ3) is 3.80. The summed E-state index contributed by atoms with van der Waals surface area (Å²) in [5, 5.41) is 3.25. The van der Waals surface area contributed by atoms with Gasteiger partial charge in [-0.15, -0.1) is 0 Å². The first-order valence-electron chi connectivity index (χ1n) is 5.65. The smallest absolute Gasteiger partial charge is 0.323 e. The molecule has 2 unspecified atom stereocenters. The molecule has 2 atom stereocenters. The van der Waals surface area contributed by atoms with Gasteiger partial charge in [-0.05, 0) is 13.3 Å². The lowest BCUT2D eigenvalue weighted by Crippen LogP contribution is -2.47. The van der Waals surface area contributed by atoms with Crippen molar-refractivity contribution >= 4 is 5.97 Å². The summed E-state index contributed by atoms with van der Waals surface area (Å²) in [6.07, 6.45) is 0.934. The molecule has 4 heteroatoms. The van der Waals surface area contributed by atoms with Gasteiger partial charge in [0.15, 0.2) is 0 Å². The van der Waals surface area contributed by atoms with E-state index < -0.39 is 0 Å². The summed E-state index contributed by atoms with van der Waals surface area (Å²) < 4.78 is 10.4. The second kappa shape index (κ2) is 6.08. The van der Waals surface area contributed by atoms with Gasteiger partial charge in [0.05, 0.1) is 13.2 Å². The molecule has 1 fully saturated rings. The second-order valence-corrected chi connectivity index (χ2v) is 4.17. The fourth-order valence-electron chi connectivity index (χ4n) is 1.80. The predicted octanol–water partition coefficient (Wildman–Crippen LogP) is 0.953. The molecule has 1 saturated heterocycles. The Morgan fingerprint density at radius 3 is 2.80 bits per heavy atom. The number of carbonyl (C=O) groups excluding carboxylic acids is 1. The fraction of sp³-hybridized carbons (Fsp3) is 0.909. The Labute approximate surface area is 91.3 Å². The fourth-order valence-corrected chi connectivity index (χ4v) is 1.80. The van der Waals surface area contributed by atoms with Gasteiger partial charge in [0.25, 0.3) is 0 Å². The third-order valence-electron chi connectivity index (χ3n) is 2.49. The Bertz CT molecular complexity index is 200. The van der Waals surface area contributed by atoms with E-state index in [4.69, 9.17) is 9.47 Å². The van der Waals surface area contributed by atoms with Crippen LogP contribution in [-0.2, 0) is 14.3 Å². The van der Waals surface area contributed by atoms with Crippen LogP contribution in [0.2, 0.25) is 0 Å². The minimum atomic E-state index is -0.215. The molecule has 0 aliphatic carbocycles. The molecule has 0 aromatic rings. The van der Waals surface area contributed by atoms with Crippen molar-refractivity contribution in [1.29, 1.82) is 0 Å². The Morgan fingerprint density at radius 2 is 2.33 bits per heavy atom. The molecule has 15 heavy (non-hydrogen) atoms. The Morgan fingerprint density at radius 1 is 1.60 bits per heavy atom. The van der Waals surface area contributed by atoms with E-state index in [-0.39, 0.29) is 24.0 Å². The molecule has 1 aliphatic heterocycles. The summed E-state index contributed by atoms with van der Waals surface area (Å²) in [6, 6.07) is 0.0625. The maximum atomic E-state index is 11.7. The molecule has 88 valence electrons.